The lowest BCUT2D eigenvalue weighted by atomic mass is 10.00. The van der Waals surface area contributed by atoms with Crippen molar-refractivity contribution in [2.75, 3.05) is 17.6 Å². The van der Waals surface area contributed by atoms with E-state index in [-0.39, 0.29) is 41.2 Å². The van der Waals surface area contributed by atoms with Gasteiger partial charge in [-0.3, -0.25) is 19.3 Å². The fourth-order valence-electron chi connectivity index (χ4n) is 4.73. The van der Waals surface area contributed by atoms with Crippen molar-refractivity contribution < 1.29 is 38.7 Å². The first-order valence-corrected chi connectivity index (χ1v) is 16.8. The molecule has 5 rings (SSSR count). The van der Waals surface area contributed by atoms with E-state index in [9.17, 15) is 29.1 Å². The van der Waals surface area contributed by atoms with Crippen molar-refractivity contribution in [1.82, 2.24) is 46.1 Å². The number of anilines is 1. The van der Waals surface area contributed by atoms with Crippen molar-refractivity contribution in [2.45, 2.75) is 54.6 Å². The van der Waals surface area contributed by atoms with Crippen LogP contribution in [0.3, 0.4) is 0 Å². The standard InChI is InChI=1S/C29H31N11O8S2/c1-29(2,3)47-28(46)31-11-9-17(50-27-35-38-39-36-27)16-13-49-25-20(24(43)40(25)21(16)26(44)45)34-23(42)19(37-48-15-7-5-4-6-8-15)22-30-12-10-18(33-22)32-14-41/h4-8,10,12,14,17,20,25H,9,11,13H2,1-3H3,(H,31,46)(H,34,42)(H,44,45)(H,30,32,33,41)(H,35,36,38,39)/t17?,20?,25-/m1/s1. The summed E-state index contributed by atoms with van der Waals surface area (Å²) in [5.74, 6) is -2.59. The topological polar surface area (TPSA) is 256 Å². The molecule has 0 aliphatic carbocycles. The molecule has 1 saturated heterocycles. The molecule has 1 aromatic carbocycles. The van der Waals surface area contributed by atoms with Gasteiger partial charge in [0.15, 0.2) is 11.6 Å². The molecule has 4 amide bonds. The molecule has 50 heavy (non-hydrogen) atoms. The molecule has 0 bridgehead atoms. The Morgan fingerprint density at radius 2 is 2.02 bits per heavy atom. The number of amides is 4. The summed E-state index contributed by atoms with van der Waals surface area (Å²) in [6, 6.07) is 8.61. The molecular weight excluding hydrogens is 695 g/mol. The summed E-state index contributed by atoms with van der Waals surface area (Å²) in [4.78, 5) is 77.9. The number of aromatic amines is 1. The molecule has 3 atom stereocenters. The summed E-state index contributed by atoms with van der Waals surface area (Å²) in [5.41, 5.74) is -0.976. The summed E-state index contributed by atoms with van der Waals surface area (Å²) in [7, 11) is 0. The maximum atomic E-state index is 13.6. The number of nitrogens with one attached hydrogen (secondary N) is 4. The number of oxime groups is 1. The van der Waals surface area contributed by atoms with Gasteiger partial charge in [-0.2, -0.15) is 5.21 Å². The van der Waals surface area contributed by atoms with Crippen molar-refractivity contribution in [2.24, 2.45) is 5.16 Å². The highest BCUT2D eigenvalue weighted by Crippen LogP contribution is 2.44. The Hall–Kier alpha value is -5.57. The summed E-state index contributed by atoms with van der Waals surface area (Å²) >= 11 is 2.36. The maximum absolute atomic E-state index is 13.6. The number of β-lactam (4-membered cyclic amide) rings is 1. The van der Waals surface area contributed by atoms with Crippen molar-refractivity contribution in [3.63, 3.8) is 0 Å². The van der Waals surface area contributed by atoms with E-state index in [1.54, 1.807) is 51.1 Å². The zero-order chi connectivity index (χ0) is 35.8. The molecule has 2 aromatic heterocycles. The first kappa shape index (κ1) is 35.7. The number of thioether (sulfide) groups is 2. The number of para-hydroxylation sites is 1. The predicted molar refractivity (Wildman–Crippen MR) is 178 cm³/mol. The minimum atomic E-state index is -1.35. The Morgan fingerprint density at radius 3 is 2.70 bits per heavy atom. The third-order valence-electron chi connectivity index (χ3n) is 6.80. The van der Waals surface area contributed by atoms with E-state index in [1.807, 2.05) is 0 Å². The van der Waals surface area contributed by atoms with E-state index in [4.69, 9.17) is 9.57 Å². The number of carbonyl (C=O) groups is 5. The Kier molecular flexibility index (Phi) is 11.3. The van der Waals surface area contributed by atoms with Gasteiger partial charge in [0.25, 0.3) is 11.8 Å². The average molecular weight is 726 g/mol. The highest BCUT2D eigenvalue weighted by molar-refractivity contribution is 8.01. The first-order chi connectivity index (χ1) is 23.9. The molecule has 5 N–H and O–H groups in total. The zero-order valence-corrected chi connectivity index (χ0v) is 28.4. The van der Waals surface area contributed by atoms with Gasteiger partial charge in [0.1, 0.15) is 28.5 Å². The van der Waals surface area contributed by atoms with Gasteiger partial charge in [-0.25, -0.2) is 19.6 Å². The molecule has 0 saturated carbocycles. The Morgan fingerprint density at radius 1 is 1.24 bits per heavy atom. The molecule has 2 aliphatic heterocycles. The zero-order valence-electron chi connectivity index (χ0n) is 26.7. The number of ether oxygens (including phenoxy) is 1. The molecule has 0 spiro atoms. The smallest absolute Gasteiger partial charge is 0.407 e. The Labute approximate surface area is 292 Å². The number of carboxylic acids is 1. The van der Waals surface area contributed by atoms with E-state index in [0.717, 1.165) is 16.7 Å². The van der Waals surface area contributed by atoms with Gasteiger partial charge < -0.3 is 30.6 Å². The fraction of sp³-hybridized carbons (Fsp3) is 0.345. The van der Waals surface area contributed by atoms with Crippen molar-refractivity contribution >= 4 is 65.3 Å². The van der Waals surface area contributed by atoms with Crippen LogP contribution in [-0.2, 0) is 23.9 Å². The van der Waals surface area contributed by atoms with Crippen LogP contribution in [0.1, 0.15) is 33.0 Å². The molecular formula is C29H31N11O8S2. The van der Waals surface area contributed by atoms with Crippen LogP contribution in [0.5, 0.6) is 5.75 Å². The quantitative estimate of drug-likeness (QED) is 0.0514. The number of benzene rings is 1. The number of hydrogen-bond acceptors (Lipinski definition) is 15. The third-order valence-corrected chi connectivity index (χ3v) is 9.29. The second kappa shape index (κ2) is 15.8. The van der Waals surface area contributed by atoms with Crippen LogP contribution in [0.2, 0.25) is 0 Å². The highest BCUT2D eigenvalue weighted by atomic mass is 32.2. The van der Waals surface area contributed by atoms with Gasteiger partial charge >= 0.3 is 12.1 Å². The van der Waals surface area contributed by atoms with Gasteiger partial charge in [0.2, 0.25) is 17.3 Å². The predicted octanol–water partition coefficient (Wildman–Crippen LogP) is 1.16. The van der Waals surface area contributed by atoms with Gasteiger partial charge in [-0.05, 0) is 56.2 Å². The molecule has 2 aliphatic rings. The van der Waals surface area contributed by atoms with Gasteiger partial charge in [0.05, 0.1) is 0 Å². The Balaban J connectivity index is 1.36. The lowest BCUT2D eigenvalue weighted by Crippen LogP contribution is -2.71. The number of fused-ring (bicyclic) bond motifs is 1. The number of nitrogens with zero attached hydrogens (tertiary/aromatic N) is 7. The van der Waals surface area contributed by atoms with Crippen molar-refractivity contribution in [3.05, 3.63) is 59.7 Å². The van der Waals surface area contributed by atoms with Gasteiger partial charge in [-0.1, -0.05) is 35.1 Å². The minimum absolute atomic E-state index is 0.0808. The normalized spacial score (nSPS) is 17.9. The summed E-state index contributed by atoms with van der Waals surface area (Å²) in [6.07, 6.45) is 1.29. The first-order valence-electron chi connectivity index (χ1n) is 14.9. The number of tetrazole rings is 1. The lowest BCUT2D eigenvalue weighted by Gasteiger charge is -2.50. The third kappa shape index (κ3) is 8.71. The van der Waals surface area contributed by atoms with E-state index < -0.39 is 51.9 Å². The van der Waals surface area contributed by atoms with Crippen molar-refractivity contribution in [1.29, 1.82) is 0 Å². The van der Waals surface area contributed by atoms with E-state index in [1.165, 1.54) is 24.0 Å². The molecule has 19 nitrogen and oxygen atoms in total. The Bertz CT molecular complexity index is 1800. The van der Waals surface area contributed by atoms with Crippen LogP contribution in [0.15, 0.2) is 64.2 Å². The second-order valence-electron chi connectivity index (χ2n) is 11.4. The van der Waals surface area contributed by atoms with Gasteiger partial charge in [-0.15, -0.1) is 22.0 Å². The van der Waals surface area contributed by atoms with Crippen LogP contribution in [0, 0.1) is 0 Å². The number of H-pyrrole nitrogens is 1. The highest BCUT2D eigenvalue weighted by Gasteiger charge is 2.55. The summed E-state index contributed by atoms with van der Waals surface area (Å²) in [6.45, 7) is 5.30. The summed E-state index contributed by atoms with van der Waals surface area (Å²) < 4.78 is 5.29. The van der Waals surface area contributed by atoms with E-state index in [2.05, 4.69) is 51.7 Å². The fourth-order valence-corrected chi connectivity index (χ4v) is 7.27. The number of hydrogen-bond donors (Lipinski definition) is 5. The maximum Gasteiger partial charge on any atom is 0.407 e. The van der Waals surface area contributed by atoms with Crippen LogP contribution in [0.25, 0.3) is 0 Å². The lowest BCUT2D eigenvalue weighted by molar-refractivity contribution is -0.150. The number of alkyl carbamates (subject to hydrolysis) is 1. The number of carboxylic acid groups (broad SMARTS) is 1. The van der Waals surface area contributed by atoms with Crippen LogP contribution in [-0.4, -0.2) is 111 Å². The monoisotopic (exact) mass is 725 g/mol. The van der Waals surface area contributed by atoms with Crippen molar-refractivity contribution in [3.8, 4) is 5.75 Å². The van der Waals surface area contributed by atoms with Crippen LogP contribution in [0.4, 0.5) is 10.6 Å². The minimum Gasteiger partial charge on any atom is -0.477 e. The SMILES string of the molecule is CC(C)(C)OC(=O)NCCC(Sc1nn[nH]n1)C1=C(C(=O)O)N2C(=O)C(NC(=O)C(=NOc3ccccc3)c3nccc(NC=O)n3)[C@H]2SC1. The average Bonchev–Trinajstić information content (AvgIpc) is 3.59. The second-order valence-corrected chi connectivity index (χ2v) is 13.7. The molecule has 3 aromatic rings. The number of rotatable bonds is 14. The molecule has 0 radical (unpaired) electrons. The van der Waals surface area contributed by atoms with Gasteiger partial charge in [0, 0.05) is 23.7 Å². The van der Waals surface area contributed by atoms with Crippen LogP contribution < -0.4 is 20.8 Å². The molecule has 21 heteroatoms. The number of carbonyl (C=O) groups excluding carboxylic acids is 4. The molecule has 1 fully saturated rings. The molecule has 262 valence electrons. The summed E-state index contributed by atoms with van der Waals surface area (Å²) in [5, 5.41) is 34.6. The van der Waals surface area contributed by atoms with E-state index >= 15 is 0 Å². The van der Waals surface area contributed by atoms with Crippen LogP contribution >= 0.6 is 23.5 Å². The largest absolute Gasteiger partial charge is 0.477 e. The number of aromatic nitrogens is 6. The van der Waals surface area contributed by atoms with E-state index in [0.29, 0.717) is 17.7 Å². The molecule has 2 unspecified atom stereocenters. The molecule has 4 heterocycles. The number of aliphatic carboxylic acids is 1.